The number of nitrogens with one attached hydrogen (secondary N) is 1. The molecule has 3 aromatic rings. The van der Waals surface area contributed by atoms with Gasteiger partial charge in [-0.25, -0.2) is 18.2 Å². The summed E-state index contributed by atoms with van der Waals surface area (Å²) in [6.07, 6.45) is 1.73. The van der Waals surface area contributed by atoms with E-state index in [1.165, 1.54) is 29.5 Å². The molecule has 0 bridgehead atoms. The third-order valence-corrected chi connectivity index (χ3v) is 7.48. The number of para-hydroxylation sites is 2. The molecule has 0 aliphatic rings. The summed E-state index contributed by atoms with van der Waals surface area (Å²) >= 11 is 19.2. The lowest BCUT2D eigenvalue weighted by Gasteiger charge is -2.14. The van der Waals surface area contributed by atoms with Gasteiger partial charge in [-0.2, -0.15) is 0 Å². The first-order valence-corrected chi connectivity index (χ1v) is 13.1. The predicted octanol–water partition coefficient (Wildman–Crippen LogP) is 5.54. The van der Waals surface area contributed by atoms with E-state index in [1.807, 2.05) is 0 Å². The van der Waals surface area contributed by atoms with Crippen molar-refractivity contribution in [2.24, 2.45) is 0 Å². The molecule has 0 fully saturated rings. The van der Waals surface area contributed by atoms with Crippen LogP contribution >= 0.6 is 46.6 Å². The molecule has 0 amide bonds. The van der Waals surface area contributed by atoms with Crippen molar-refractivity contribution in [1.29, 1.82) is 0 Å². The first kappa shape index (κ1) is 25.5. The molecular formula is C20H18Cl3N3O5S2. The van der Waals surface area contributed by atoms with Crippen LogP contribution in [0, 0.1) is 0 Å². The van der Waals surface area contributed by atoms with Crippen LogP contribution in [-0.2, 0) is 14.8 Å². The smallest absolute Gasteiger partial charge is 0.359 e. The number of ether oxygens (including phenoxy) is 2. The maximum absolute atomic E-state index is 13.2. The summed E-state index contributed by atoms with van der Waals surface area (Å²) in [4.78, 5) is 17.0. The van der Waals surface area contributed by atoms with Crippen LogP contribution in [0.2, 0.25) is 15.1 Å². The largest absolute Gasteiger partial charge is 0.495 e. The highest BCUT2D eigenvalue weighted by Gasteiger charge is 2.30. The fourth-order valence-corrected chi connectivity index (χ4v) is 5.49. The highest BCUT2D eigenvalue weighted by Crippen LogP contribution is 2.36. The summed E-state index contributed by atoms with van der Waals surface area (Å²) in [5.74, 6) is -0.585. The molecule has 0 saturated heterocycles. The molecule has 3 rings (SSSR count). The van der Waals surface area contributed by atoms with E-state index in [1.54, 1.807) is 37.4 Å². The van der Waals surface area contributed by atoms with Crippen molar-refractivity contribution in [1.82, 2.24) is 9.55 Å². The summed E-state index contributed by atoms with van der Waals surface area (Å²) in [5.41, 5.74) is 0.336. The Morgan fingerprint density at radius 3 is 2.45 bits per heavy atom. The topological polar surface area (TPSA) is 99.5 Å². The minimum Gasteiger partial charge on any atom is -0.495 e. The first-order chi connectivity index (χ1) is 15.6. The number of halogens is 3. The van der Waals surface area contributed by atoms with Gasteiger partial charge in [-0.1, -0.05) is 58.7 Å². The van der Waals surface area contributed by atoms with Crippen LogP contribution in [0.25, 0.3) is 5.69 Å². The predicted molar refractivity (Wildman–Crippen MR) is 130 cm³/mol. The molecule has 0 radical (unpaired) electrons. The number of carbonyl (C=O) groups is 1. The van der Waals surface area contributed by atoms with E-state index < -0.39 is 16.0 Å². The molecule has 0 saturated carbocycles. The maximum Gasteiger partial charge on any atom is 0.359 e. The van der Waals surface area contributed by atoms with Crippen LogP contribution in [0.4, 0.5) is 5.82 Å². The van der Waals surface area contributed by atoms with Crippen molar-refractivity contribution >= 4 is 68.4 Å². The maximum atomic E-state index is 13.2. The van der Waals surface area contributed by atoms with Crippen LogP contribution in [0.5, 0.6) is 5.75 Å². The minimum atomic E-state index is -4.31. The zero-order valence-electron chi connectivity index (χ0n) is 17.6. The molecule has 176 valence electrons. The number of rotatable bonds is 8. The Morgan fingerprint density at radius 2 is 1.82 bits per heavy atom. The van der Waals surface area contributed by atoms with Crippen molar-refractivity contribution in [2.75, 3.05) is 24.7 Å². The van der Waals surface area contributed by atoms with Crippen LogP contribution in [0.3, 0.4) is 0 Å². The molecule has 1 aromatic heterocycles. The van der Waals surface area contributed by atoms with Gasteiger partial charge in [-0.15, -0.1) is 0 Å². The molecule has 0 unspecified atom stereocenters. The number of hydrogen-bond donors (Lipinski definition) is 1. The number of thioether (sulfide) groups is 1. The highest BCUT2D eigenvalue weighted by molar-refractivity contribution is 7.98. The number of methoxy groups -OCH3 is 1. The summed E-state index contributed by atoms with van der Waals surface area (Å²) in [6.45, 7) is 1.70. The minimum absolute atomic E-state index is 0.00332. The van der Waals surface area contributed by atoms with Gasteiger partial charge in [0.15, 0.2) is 16.7 Å². The van der Waals surface area contributed by atoms with Crippen LogP contribution < -0.4 is 9.46 Å². The average molecular weight is 551 g/mol. The second kappa shape index (κ2) is 10.4. The van der Waals surface area contributed by atoms with Crippen LogP contribution in [-0.4, -0.2) is 43.9 Å². The lowest BCUT2D eigenvalue weighted by molar-refractivity contribution is 0.0517. The lowest BCUT2D eigenvalue weighted by atomic mass is 10.2. The lowest BCUT2D eigenvalue weighted by Crippen LogP contribution is -2.19. The molecule has 0 atom stereocenters. The van der Waals surface area contributed by atoms with Gasteiger partial charge in [0, 0.05) is 0 Å². The number of carbonyl (C=O) groups excluding carboxylic acids is 1. The number of benzene rings is 2. The van der Waals surface area contributed by atoms with E-state index in [0.717, 1.165) is 6.07 Å². The molecule has 1 heterocycles. The Balaban J connectivity index is 2.23. The Bertz CT molecular complexity index is 1310. The monoisotopic (exact) mass is 549 g/mol. The summed E-state index contributed by atoms with van der Waals surface area (Å²) in [5, 5.41) is 0.263. The molecular weight excluding hydrogens is 533 g/mol. The van der Waals surface area contributed by atoms with E-state index in [2.05, 4.69) is 9.71 Å². The second-order valence-electron chi connectivity index (χ2n) is 6.33. The number of nitrogens with zero attached hydrogens (tertiary/aromatic N) is 2. The zero-order chi connectivity index (χ0) is 24.3. The van der Waals surface area contributed by atoms with Gasteiger partial charge in [0.25, 0.3) is 10.0 Å². The number of imidazole rings is 1. The molecule has 33 heavy (non-hydrogen) atoms. The fourth-order valence-electron chi connectivity index (χ4n) is 2.93. The standard InChI is InChI=1S/C20H18Cl3N3O5S2/c1-4-31-19(27)17-18(25-33(28,29)16-10-12(22)11(21)9-13(16)23)24-20(32-3)26(17)14-7-5-6-8-15(14)30-2/h5-10,25H,4H2,1-3H3. The third-order valence-electron chi connectivity index (χ3n) is 4.32. The van der Waals surface area contributed by atoms with Gasteiger partial charge in [0.2, 0.25) is 0 Å². The van der Waals surface area contributed by atoms with Gasteiger partial charge >= 0.3 is 5.97 Å². The van der Waals surface area contributed by atoms with Crippen molar-refractivity contribution in [3.8, 4) is 11.4 Å². The van der Waals surface area contributed by atoms with E-state index >= 15 is 0 Å². The molecule has 13 heteroatoms. The SMILES string of the molecule is CCOC(=O)c1c(NS(=O)(=O)c2cc(Cl)c(Cl)cc2Cl)nc(SC)n1-c1ccccc1OC. The van der Waals surface area contributed by atoms with E-state index in [9.17, 15) is 13.2 Å². The van der Waals surface area contributed by atoms with Crippen LogP contribution in [0.15, 0.2) is 46.5 Å². The van der Waals surface area contributed by atoms with Gasteiger partial charge in [-0.05, 0) is 37.4 Å². The highest BCUT2D eigenvalue weighted by atomic mass is 35.5. The summed E-state index contributed by atoms with van der Waals surface area (Å²) in [7, 11) is -2.83. The van der Waals surface area contributed by atoms with E-state index in [0.29, 0.717) is 16.6 Å². The molecule has 0 aliphatic heterocycles. The zero-order valence-corrected chi connectivity index (χ0v) is 21.5. The molecule has 2 aromatic carbocycles. The normalized spacial score (nSPS) is 11.3. The summed E-state index contributed by atoms with van der Waals surface area (Å²) in [6, 6.07) is 9.25. The van der Waals surface area contributed by atoms with E-state index in [4.69, 9.17) is 44.3 Å². The van der Waals surface area contributed by atoms with Crippen molar-refractivity contribution in [2.45, 2.75) is 17.0 Å². The summed E-state index contributed by atoms with van der Waals surface area (Å²) < 4.78 is 40.7. The number of aromatic nitrogens is 2. The first-order valence-electron chi connectivity index (χ1n) is 9.29. The molecule has 0 aliphatic carbocycles. The van der Waals surface area contributed by atoms with Gasteiger partial charge in [0.05, 0.1) is 34.5 Å². The van der Waals surface area contributed by atoms with E-state index in [-0.39, 0.29) is 38.1 Å². The second-order valence-corrected chi connectivity index (χ2v) is 9.97. The van der Waals surface area contributed by atoms with Crippen molar-refractivity contribution in [3.05, 3.63) is 57.2 Å². The Hall–Kier alpha value is -2.11. The number of hydrogen-bond acceptors (Lipinski definition) is 7. The molecule has 1 N–H and O–H groups in total. The van der Waals surface area contributed by atoms with Gasteiger partial charge in [-0.3, -0.25) is 9.29 Å². The Morgan fingerprint density at radius 1 is 1.15 bits per heavy atom. The molecule has 8 nitrogen and oxygen atoms in total. The Labute approximate surface area is 210 Å². The van der Waals surface area contributed by atoms with Crippen molar-refractivity contribution in [3.63, 3.8) is 0 Å². The number of sulfonamides is 1. The van der Waals surface area contributed by atoms with Gasteiger partial charge < -0.3 is 9.47 Å². The fraction of sp³-hybridized carbons (Fsp3) is 0.200. The van der Waals surface area contributed by atoms with Crippen LogP contribution in [0.1, 0.15) is 17.4 Å². The molecule has 0 spiro atoms. The third kappa shape index (κ3) is 5.20. The quantitative estimate of drug-likeness (QED) is 0.223. The number of esters is 1. The number of anilines is 1. The Kier molecular flexibility index (Phi) is 8.07. The van der Waals surface area contributed by atoms with Crippen molar-refractivity contribution < 1.29 is 22.7 Å². The van der Waals surface area contributed by atoms with Gasteiger partial charge in [0.1, 0.15) is 10.6 Å². The average Bonchev–Trinajstić information content (AvgIpc) is 3.13.